The van der Waals surface area contributed by atoms with Crippen molar-refractivity contribution in [2.75, 3.05) is 0 Å². The van der Waals surface area contributed by atoms with Gasteiger partial charge in [-0.2, -0.15) is 0 Å². The minimum Gasteiger partial charge on any atom is -0.489 e. The van der Waals surface area contributed by atoms with Gasteiger partial charge >= 0.3 is 0 Å². The van der Waals surface area contributed by atoms with Crippen LogP contribution in [0.3, 0.4) is 0 Å². The Bertz CT molecular complexity index is 999. The SMILES string of the molecule is O=C1C(=Cc2ccncc2)Oc2cc(OCc3ccccc3Cl)ccc21. The maximum absolute atomic E-state index is 12.5. The van der Waals surface area contributed by atoms with Crippen molar-refractivity contribution < 1.29 is 14.3 Å². The molecule has 3 aromatic rings. The Hall–Kier alpha value is -3.11. The topological polar surface area (TPSA) is 48.4 Å². The van der Waals surface area contributed by atoms with Crippen molar-refractivity contribution in [2.24, 2.45) is 0 Å². The Labute approximate surface area is 155 Å². The molecule has 0 saturated heterocycles. The van der Waals surface area contributed by atoms with Crippen molar-refractivity contribution in [3.63, 3.8) is 0 Å². The number of benzene rings is 2. The van der Waals surface area contributed by atoms with Crippen LogP contribution in [0.15, 0.2) is 72.8 Å². The monoisotopic (exact) mass is 363 g/mol. The third kappa shape index (κ3) is 3.32. The van der Waals surface area contributed by atoms with Crippen LogP contribution in [0.25, 0.3) is 6.08 Å². The molecular weight excluding hydrogens is 350 g/mol. The summed E-state index contributed by atoms with van der Waals surface area (Å²) in [5.41, 5.74) is 2.27. The summed E-state index contributed by atoms with van der Waals surface area (Å²) < 4.78 is 11.5. The molecule has 0 amide bonds. The second kappa shape index (κ2) is 7.02. The van der Waals surface area contributed by atoms with Gasteiger partial charge in [0.2, 0.25) is 5.78 Å². The number of hydrogen-bond donors (Lipinski definition) is 0. The molecule has 0 atom stereocenters. The minimum absolute atomic E-state index is 0.144. The predicted molar refractivity (Wildman–Crippen MR) is 99.4 cm³/mol. The number of pyridine rings is 1. The summed E-state index contributed by atoms with van der Waals surface area (Å²) in [5.74, 6) is 1.25. The molecule has 0 fully saturated rings. The maximum atomic E-state index is 12.5. The number of ketones is 1. The molecule has 2 heterocycles. The summed E-state index contributed by atoms with van der Waals surface area (Å²) in [6.07, 6.45) is 5.04. The van der Waals surface area contributed by atoms with E-state index in [4.69, 9.17) is 21.1 Å². The smallest absolute Gasteiger partial charge is 0.231 e. The van der Waals surface area contributed by atoms with E-state index in [9.17, 15) is 4.79 Å². The predicted octanol–water partition coefficient (Wildman–Crippen LogP) is 4.93. The number of nitrogens with zero attached hydrogens (tertiary/aromatic N) is 1. The fourth-order valence-electron chi connectivity index (χ4n) is 2.64. The lowest BCUT2D eigenvalue weighted by Gasteiger charge is -2.08. The van der Waals surface area contributed by atoms with Gasteiger partial charge in [0.1, 0.15) is 18.1 Å². The molecule has 1 aliphatic heterocycles. The van der Waals surface area contributed by atoms with Crippen molar-refractivity contribution in [3.8, 4) is 11.5 Å². The second-order valence-electron chi connectivity index (χ2n) is 5.76. The molecular formula is C21H14ClNO3. The summed E-state index contributed by atoms with van der Waals surface area (Å²) in [7, 11) is 0. The Balaban J connectivity index is 1.53. The van der Waals surface area contributed by atoms with E-state index in [-0.39, 0.29) is 11.5 Å². The van der Waals surface area contributed by atoms with Gasteiger partial charge in [-0.05, 0) is 42.0 Å². The third-order valence-corrected chi connectivity index (χ3v) is 4.37. The van der Waals surface area contributed by atoms with E-state index < -0.39 is 0 Å². The first-order valence-corrected chi connectivity index (χ1v) is 8.43. The molecule has 1 aliphatic rings. The van der Waals surface area contributed by atoms with Crippen molar-refractivity contribution >= 4 is 23.5 Å². The lowest BCUT2D eigenvalue weighted by Crippen LogP contribution is -1.98. The molecule has 1 aromatic heterocycles. The number of carbonyl (C=O) groups is 1. The number of fused-ring (bicyclic) bond motifs is 1. The molecule has 5 heteroatoms. The van der Waals surface area contributed by atoms with Crippen molar-refractivity contribution in [3.05, 3.63) is 94.5 Å². The highest BCUT2D eigenvalue weighted by Crippen LogP contribution is 2.35. The van der Waals surface area contributed by atoms with Crippen molar-refractivity contribution in [1.82, 2.24) is 4.98 Å². The van der Waals surface area contributed by atoms with Crippen LogP contribution < -0.4 is 9.47 Å². The first-order chi connectivity index (χ1) is 12.7. The molecule has 0 saturated carbocycles. The third-order valence-electron chi connectivity index (χ3n) is 4.00. The molecule has 0 unspecified atom stereocenters. The molecule has 0 N–H and O–H groups in total. The Morgan fingerprint density at radius 1 is 1.08 bits per heavy atom. The number of ether oxygens (including phenoxy) is 2. The number of Topliss-reactive ketones (excluding diaryl/α,β-unsaturated/α-hetero) is 1. The van der Waals surface area contributed by atoms with E-state index in [1.54, 1.807) is 36.7 Å². The van der Waals surface area contributed by atoms with E-state index >= 15 is 0 Å². The van der Waals surface area contributed by atoms with Crippen LogP contribution in [-0.4, -0.2) is 10.8 Å². The largest absolute Gasteiger partial charge is 0.489 e. The van der Waals surface area contributed by atoms with Crippen molar-refractivity contribution in [1.29, 1.82) is 0 Å². The van der Waals surface area contributed by atoms with Crippen LogP contribution >= 0.6 is 11.6 Å². The van der Waals surface area contributed by atoms with Gasteiger partial charge in [0.25, 0.3) is 0 Å². The van der Waals surface area contributed by atoms with E-state index in [0.717, 1.165) is 11.1 Å². The maximum Gasteiger partial charge on any atom is 0.231 e. The quantitative estimate of drug-likeness (QED) is 0.617. The van der Waals surface area contributed by atoms with Crippen LogP contribution in [0, 0.1) is 0 Å². The molecule has 4 rings (SSSR count). The standard InChI is InChI=1S/C21H14ClNO3/c22-18-4-2-1-3-15(18)13-25-16-5-6-17-19(12-16)26-20(21(17)24)11-14-7-9-23-10-8-14/h1-12H,13H2. The first-order valence-electron chi connectivity index (χ1n) is 8.05. The summed E-state index contributed by atoms with van der Waals surface area (Å²) >= 11 is 6.14. The number of aromatic nitrogens is 1. The molecule has 0 bridgehead atoms. The van der Waals surface area contributed by atoms with E-state index in [1.807, 2.05) is 36.4 Å². The molecule has 128 valence electrons. The van der Waals surface area contributed by atoms with Crippen LogP contribution in [0.2, 0.25) is 5.02 Å². The summed E-state index contributed by atoms with van der Waals surface area (Å²) in [6.45, 7) is 0.339. The summed E-state index contributed by atoms with van der Waals surface area (Å²) in [6, 6.07) is 16.3. The Morgan fingerprint density at radius 3 is 2.69 bits per heavy atom. The zero-order valence-corrected chi connectivity index (χ0v) is 14.4. The van der Waals surface area contributed by atoms with Crippen LogP contribution in [0.5, 0.6) is 11.5 Å². The van der Waals surface area contributed by atoms with Crippen LogP contribution in [0.1, 0.15) is 21.5 Å². The summed E-state index contributed by atoms with van der Waals surface area (Å²) in [4.78, 5) is 16.4. The van der Waals surface area contributed by atoms with Gasteiger partial charge in [-0.25, -0.2) is 0 Å². The summed E-state index contributed by atoms with van der Waals surface area (Å²) in [5, 5.41) is 0.655. The fraction of sp³-hybridized carbons (Fsp3) is 0.0476. The zero-order chi connectivity index (χ0) is 17.9. The number of hydrogen-bond acceptors (Lipinski definition) is 4. The number of halogens is 1. The van der Waals surface area contributed by atoms with E-state index in [1.165, 1.54) is 0 Å². The molecule has 2 aromatic carbocycles. The highest BCUT2D eigenvalue weighted by Gasteiger charge is 2.27. The lowest BCUT2D eigenvalue weighted by atomic mass is 10.1. The average molecular weight is 364 g/mol. The Kier molecular flexibility index (Phi) is 4.42. The van der Waals surface area contributed by atoms with Crippen LogP contribution in [0.4, 0.5) is 0 Å². The molecule has 0 aliphatic carbocycles. The second-order valence-corrected chi connectivity index (χ2v) is 6.17. The first kappa shape index (κ1) is 16.4. The number of rotatable bonds is 4. The van der Waals surface area contributed by atoms with E-state index in [2.05, 4.69) is 4.98 Å². The van der Waals surface area contributed by atoms with Gasteiger partial charge in [-0.1, -0.05) is 29.8 Å². The number of allylic oxidation sites excluding steroid dienone is 1. The minimum atomic E-state index is -0.144. The van der Waals surface area contributed by atoms with Gasteiger partial charge in [-0.15, -0.1) is 0 Å². The van der Waals surface area contributed by atoms with Gasteiger partial charge in [0.05, 0.1) is 5.56 Å². The molecule has 4 nitrogen and oxygen atoms in total. The zero-order valence-electron chi connectivity index (χ0n) is 13.7. The van der Waals surface area contributed by atoms with Crippen molar-refractivity contribution in [2.45, 2.75) is 6.61 Å². The van der Waals surface area contributed by atoms with Gasteiger partial charge in [-0.3, -0.25) is 9.78 Å². The number of carbonyl (C=O) groups excluding carboxylic acids is 1. The molecule has 0 spiro atoms. The highest BCUT2D eigenvalue weighted by atomic mass is 35.5. The molecule has 26 heavy (non-hydrogen) atoms. The van der Waals surface area contributed by atoms with Gasteiger partial charge in [0.15, 0.2) is 5.76 Å². The Morgan fingerprint density at radius 2 is 1.88 bits per heavy atom. The molecule has 0 radical (unpaired) electrons. The normalized spacial score (nSPS) is 14.2. The highest BCUT2D eigenvalue weighted by molar-refractivity contribution is 6.31. The van der Waals surface area contributed by atoms with Gasteiger partial charge in [0, 0.05) is 29.0 Å². The van der Waals surface area contributed by atoms with Gasteiger partial charge < -0.3 is 9.47 Å². The average Bonchev–Trinajstić information content (AvgIpc) is 2.97. The lowest BCUT2D eigenvalue weighted by molar-refractivity contribution is 0.101. The van der Waals surface area contributed by atoms with Crippen LogP contribution in [-0.2, 0) is 6.61 Å². The fourth-order valence-corrected chi connectivity index (χ4v) is 2.83. The van der Waals surface area contributed by atoms with E-state index in [0.29, 0.717) is 28.7 Å².